The number of fused-ring (bicyclic) bond motifs is 1. The standard InChI is InChI=1S/C20H24O4/c1-14(2)6-5-7-15(3)10-11-23-16-12-18(22-4)17-8-9-20(21)24-19(17)13-16/h6,8-10,12-13H,5,7,11H2,1-4H3/b15-10+. The van der Waals surface area contributed by atoms with Crippen molar-refractivity contribution in [3.05, 3.63) is 58.0 Å². The van der Waals surface area contributed by atoms with E-state index in [0.717, 1.165) is 18.2 Å². The Morgan fingerprint density at radius 3 is 2.67 bits per heavy atom. The van der Waals surface area contributed by atoms with Crippen LogP contribution in [0.5, 0.6) is 11.5 Å². The van der Waals surface area contributed by atoms with Gasteiger partial charge in [-0.1, -0.05) is 17.2 Å². The molecule has 0 bridgehead atoms. The highest BCUT2D eigenvalue weighted by atomic mass is 16.5. The summed E-state index contributed by atoms with van der Waals surface area (Å²) < 4.78 is 16.3. The van der Waals surface area contributed by atoms with Crippen molar-refractivity contribution in [2.75, 3.05) is 13.7 Å². The van der Waals surface area contributed by atoms with E-state index in [0.29, 0.717) is 23.7 Å². The van der Waals surface area contributed by atoms with Gasteiger partial charge >= 0.3 is 5.63 Å². The zero-order valence-corrected chi connectivity index (χ0v) is 14.7. The van der Waals surface area contributed by atoms with Crippen LogP contribution in [0.15, 0.2) is 56.8 Å². The molecule has 4 heteroatoms. The van der Waals surface area contributed by atoms with Crippen molar-refractivity contribution in [1.82, 2.24) is 0 Å². The van der Waals surface area contributed by atoms with Gasteiger partial charge in [0.05, 0.1) is 12.5 Å². The average Bonchev–Trinajstić information content (AvgIpc) is 2.53. The highest BCUT2D eigenvalue weighted by molar-refractivity contribution is 5.84. The Morgan fingerprint density at radius 1 is 1.17 bits per heavy atom. The summed E-state index contributed by atoms with van der Waals surface area (Å²) in [4.78, 5) is 11.4. The minimum atomic E-state index is -0.392. The first-order valence-electron chi connectivity index (χ1n) is 8.03. The number of hydrogen-bond acceptors (Lipinski definition) is 4. The quantitative estimate of drug-likeness (QED) is 0.537. The molecule has 0 radical (unpaired) electrons. The average molecular weight is 328 g/mol. The number of allylic oxidation sites excluding steroid dienone is 3. The van der Waals surface area contributed by atoms with Gasteiger partial charge < -0.3 is 13.9 Å². The molecule has 1 aromatic heterocycles. The minimum Gasteiger partial charge on any atom is -0.496 e. The molecule has 4 nitrogen and oxygen atoms in total. The molecule has 0 aliphatic carbocycles. The van der Waals surface area contributed by atoms with E-state index in [1.165, 1.54) is 17.2 Å². The number of benzene rings is 1. The van der Waals surface area contributed by atoms with E-state index >= 15 is 0 Å². The third-order valence-electron chi connectivity index (χ3n) is 3.67. The molecule has 2 aromatic rings. The summed E-state index contributed by atoms with van der Waals surface area (Å²) in [6.45, 7) is 6.77. The van der Waals surface area contributed by atoms with Gasteiger partial charge in [-0.25, -0.2) is 4.79 Å². The predicted molar refractivity (Wildman–Crippen MR) is 97.0 cm³/mol. The molecule has 0 aliphatic heterocycles. The SMILES string of the molecule is COc1cc(OC/C=C(\C)CCC=C(C)C)cc2oc(=O)ccc12. The van der Waals surface area contributed by atoms with Gasteiger partial charge in [0.2, 0.25) is 0 Å². The molecule has 1 heterocycles. The third kappa shape index (κ3) is 5.01. The van der Waals surface area contributed by atoms with Crippen molar-refractivity contribution in [3.8, 4) is 11.5 Å². The van der Waals surface area contributed by atoms with E-state index in [9.17, 15) is 4.79 Å². The fraction of sp³-hybridized carbons (Fsp3) is 0.350. The zero-order chi connectivity index (χ0) is 17.5. The molecule has 0 amide bonds. The maximum Gasteiger partial charge on any atom is 0.336 e. The maximum absolute atomic E-state index is 11.4. The normalized spacial score (nSPS) is 11.4. The molecular formula is C20H24O4. The van der Waals surface area contributed by atoms with Gasteiger partial charge in [0.1, 0.15) is 23.7 Å². The third-order valence-corrected chi connectivity index (χ3v) is 3.67. The first kappa shape index (κ1) is 17.9. The molecular weight excluding hydrogens is 304 g/mol. The van der Waals surface area contributed by atoms with Gasteiger partial charge in [0, 0.05) is 18.2 Å². The van der Waals surface area contributed by atoms with Crippen LogP contribution in [-0.4, -0.2) is 13.7 Å². The molecule has 128 valence electrons. The number of rotatable bonds is 7. The van der Waals surface area contributed by atoms with Crippen LogP contribution in [0.2, 0.25) is 0 Å². The van der Waals surface area contributed by atoms with Crippen molar-refractivity contribution >= 4 is 11.0 Å². The molecule has 0 fully saturated rings. The molecule has 0 atom stereocenters. The number of hydrogen-bond donors (Lipinski definition) is 0. The first-order valence-corrected chi connectivity index (χ1v) is 8.03. The van der Waals surface area contributed by atoms with Gasteiger partial charge in [-0.15, -0.1) is 0 Å². The fourth-order valence-corrected chi connectivity index (χ4v) is 2.34. The van der Waals surface area contributed by atoms with Crippen molar-refractivity contribution in [2.45, 2.75) is 33.6 Å². The monoisotopic (exact) mass is 328 g/mol. The van der Waals surface area contributed by atoms with Crippen LogP contribution in [-0.2, 0) is 0 Å². The van der Waals surface area contributed by atoms with E-state index in [4.69, 9.17) is 13.9 Å². The van der Waals surface area contributed by atoms with Crippen molar-refractivity contribution in [2.24, 2.45) is 0 Å². The summed E-state index contributed by atoms with van der Waals surface area (Å²) in [5.74, 6) is 1.23. The van der Waals surface area contributed by atoms with Gasteiger partial charge in [0.15, 0.2) is 0 Å². The Hall–Kier alpha value is -2.49. The topological polar surface area (TPSA) is 48.7 Å². The highest BCUT2D eigenvalue weighted by Crippen LogP contribution is 2.30. The molecule has 0 unspecified atom stereocenters. The van der Waals surface area contributed by atoms with E-state index in [-0.39, 0.29) is 0 Å². The van der Waals surface area contributed by atoms with Crippen LogP contribution >= 0.6 is 0 Å². The second-order valence-electron chi connectivity index (χ2n) is 5.97. The Kier molecular flexibility index (Phi) is 6.24. The van der Waals surface area contributed by atoms with E-state index in [1.54, 1.807) is 25.3 Å². The van der Waals surface area contributed by atoms with Crippen LogP contribution < -0.4 is 15.1 Å². The Balaban J connectivity index is 2.07. The van der Waals surface area contributed by atoms with Crippen LogP contribution in [0.3, 0.4) is 0 Å². The molecule has 0 aliphatic rings. The summed E-state index contributed by atoms with van der Waals surface area (Å²) in [6.07, 6.45) is 6.36. The van der Waals surface area contributed by atoms with E-state index < -0.39 is 5.63 Å². The van der Waals surface area contributed by atoms with E-state index in [1.807, 2.05) is 0 Å². The highest BCUT2D eigenvalue weighted by Gasteiger charge is 2.07. The Morgan fingerprint density at radius 2 is 1.96 bits per heavy atom. The fourth-order valence-electron chi connectivity index (χ4n) is 2.34. The molecule has 1 aromatic carbocycles. The van der Waals surface area contributed by atoms with Gasteiger partial charge in [-0.2, -0.15) is 0 Å². The second kappa shape index (κ2) is 8.39. The zero-order valence-electron chi connectivity index (χ0n) is 14.7. The summed E-state index contributed by atoms with van der Waals surface area (Å²) in [7, 11) is 1.58. The van der Waals surface area contributed by atoms with Crippen LogP contribution in [0, 0.1) is 0 Å². The Labute approximate surface area is 142 Å². The molecule has 0 N–H and O–H groups in total. The lowest BCUT2D eigenvalue weighted by molar-refractivity contribution is 0.356. The molecule has 0 saturated carbocycles. The summed E-state index contributed by atoms with van der Waals surface area (Å²) >= 11 is 0. The van der Waals surface area contributed by atoms with Gasteiger partial charge in [-0.3, -0.25) is 0 Å². The van der Waals surface area contributed by atoms with Crippen LogP contribution in [0.1, 0.15) is 33.6 Å². The number of methoxy groups -OCH3 is 1. The number of ether oxygens (including phenoxy) is 2. The molecule has 2 rings (SSSR count). The largest absolute Gasteiger partial charge is 0.496 e. The van der Waals surface area contributed by atoms with Gasteiger partial charge in [0.25, 0.3) is 0 Å². The molecule has 0 saturated heterocycles. The summed E-state index contributed by atoms with van der Waals surface area (Å²) in [5, 5.41) is 0.748. The van der Waals surface area contributed by atoms with Crippen LogP contribution in [0.25, 0.3) is 11.0 Å². The van der Waals surface area contributed by atoms with Crippen molar-refractivity contribution in [3.63, 3.8) is 0 Å². The molecule has 0 spiro atoms. The van der Waals surface area contributed by atoms with Crippen molar-refractivity contribution in [1.29, 1.82) is 0 Å². The molecule has 24 heavy (non-hydrogen) atoms. The lowest BCUT2D eigenvalue weighted by Crippen LogP contribution is -1.99. The van der Waals surface area contributed by atoms with Crippen molar-refractivity contribution < 1.29 is 13.9 Å². The predicted octanol–water partition coefficient (Wildman–Crippen LogP) is 4.87. The maximum atomic E-state index is 11.4. The van der Waals surface area contributed by atoms with E-state index in [2.05, 4.69) is 32.9 Å². The smallest absolute Gasteiger partial charge is 0.336 e. The lowest BCUT2D eigenvalue weighted by atomic mass is 10.1. The summed E-state index contributed by atoms with van der Waals surface area (Å²) in [6, 6.07) is 6.58. The lowest BCUT2D eigenvalue weighted by Gasteiger charge is -2.09. The van der Waals surface area contributed by atoms with Gasteiger partial charge in [-0.05, 0) is 45.8 Å². The summed E-state index contributed by atoms with van der Waals surface area (Å²) in [5.41, 5.74) is 2.69. The second-order valence-corrected chi connectivity index (χ2v) is 5.97. The Bertz CT molecular complexity index is 808. The minimum absolute atomic E-state index is 0.392. The van der Waals surface area contributed by atoms with Crippen LogP contribution in [0.4, 0.5) is 0 Å². The first-order chi connectivity index (χ1) is 11.5.